The van der Waals surface area contributed by atoms with Gasteiger partial charge in [-0.1, -0.05) is 56.3 Å². The van der Waals surface area contributed by atoms with Gasteiger partial charge in [0.2, 0.25) is 0 Å². The van der Waals surface area contributed by atoms with Crippen LogP contribution in [0, 0.1) is 0 Å². The second-order valence-electron chi connectivity index (χ2n) is 6.13. The van der Waals surface area contributed by atoms with Crippen LogP contribution in [0.4, 0.5) is 0 Å². The number of carbonyl (C=O) groups excluding carboxylic acids is 2. The van der Waals surface area contributed by atoms with E-state index in [2.05, 4.69) is 6.92 Å². The molecule has 0 atom stereocenters. The quantitative estimate of drug-likeness (QED) is 0.343. The van der Waals surface area contributed by atoms with Crippen molar-refractivity contribution in [2.75, 3.05) is 6.61 Å². The lowest BCUT2D eigenvalue weighted by Crippen LogP contribution is -2.06. The van der Waals surface area contributed by atoms with Crippen LogP contribution in [0.25, 0.3) is 0 Å². The summed E-state index contributed by atoms with van der Waals surface area (Å²) in [5.74, 6) is -0.352. The number of hydrogen-bond donors (Lipinski definition) is 0. The molecule has 25 heavy (non-hydrogen) atoms. The molecule has 0 saturated heterocycles. The van der Waals surface area contributed by atoms with E-state index in [1.165, 1.54) is 12.8 Å². The Morgan fingerprint density at radius 1 is 0.840 bits per heavy atom. The van der Waals surface area contributed by atoms with E-state index in [9.17, 15) is 9.59 Å². The molecule has 0 aliphatic carbocycles. The van der Waals surface area contributed by atoms with Gasteiger partial charge in [0.15, 0.2) is 0 Å². The highest BCUT2D eigenvalue weighted by molar-refractivity contribution is 6.30. The lowest BCUT2D eigenvalue weighted by atomic mass is 10.1. The van der Waals surface area contributed by atoms with Crippen LogP contribution in [-0.4, -0.2) is 18.5 Å². The number of esters is 2. The van der Waals surface area contributed by atoms with Crippen molar-refractivity contribution in [3.63, 3.8) is 0 Å². The molecule has 1 rings (SSSR count). The van der Waals surface area contributed by atoms with Crippen LogP contribution in [0.1, 0.15) is 70.3 Å². The van der Waals surface area contributed by atoms with Crippen LogP contribution < -0.4 is 0 Å². The minimum atomic E-state index is -0.214. The predicted octanol–water partition coefficient (Wildman–Crippen LogP) is 5.46. The topological polar surface area (TPSA) is 52.6 Å². The second kappa shape index (κ2) is 13.7. The van der Waals surface area contributed by atoms with Gasteiger partial charge in [0.05, 0.1) is 6.61 Å². The fourth-order valence-corrected chi connectivity index (χ4v) is 2.45. The Kier molecular flexibility index (Phi) is 11.8. The van der Waals surface area contributed by atoms with Gasteiger partial charge >= 0.3 is 11.9 Å². The van der Waals surface area contributed by atoms with E-state index >= 15 is 0 Å². The smallest absolute Gasteiger partial charge is 0.306 e. The molecule has 0 fully saturated rings. The normalized spacial score (nSPS) is 10.5. The van der Waals surface area contributed by atoms with Gasteiger partial charge in [0, 0.05) is 17.9 Å². The van der Waals surface area contributed by atoms with Crippen molar-refractivity contribution in [3.8, 4) is 0 Å². The molecule has 140 valence electrons. The van der Waals surface area contributed by atoms with Crippen LogP contribution in [0.2, 0.25) is 5.02 Å². The number of benzene rings is 1. The first-order valence-electron chi connectivity index (χ1n) is 9.17. The fraction of sp³-hybridized carbons (Fsp3) is 0.600. The van der Waals surface area contributed by atoms with Gasteiger partial charge in [0.1, 0.15) is 6.61 Å². The first kappa shape index (κ1) is 21.5. The van der Waals surface area contributed by atoms with Crippen molar-refractivity contribution >= 4 is 23.5 Å². The van der Waals surface area contributed by atoms with Crippen molar-refractivity contribution in [1.82, 2.24) is 0 Å². The van der Waals surface area contributed by atoms with E-state index in [0.717, 1.165) is 37.7 Å². The minimum absolute atomic E-state index is 0.137. The summed E-state index contributed by atoms with van der Waals surface area (Å²) in [5.41, 5.74) is 0.916. The monoisotopic (exact) mass is 368 g/mol. The Morgan fingerprint density at radius 2 is 1.44 bits per heavy atom. The summed E-state index contributed by atoms with van der Waals surface area (Å²) >= 11 is 5.80. The summed E-state index contributed by atoms with van der Waals surface area (Å²) in [6, 6.07) is 7.22. The van der Waals surface area contributed by atoms with Gasteiger partial charge in [-0.25, -0.2) is 0 Å². The zero-order valence-corrected chi connectivity index (χ0v) is 15.9. The fourth-order valence-electron chi connectivity index (χ4n) is 2.32. The predicted molar refractivity (Wildman–Crippen MR) is 99.4 cm³/mol. The van der Waals surface area contributed by atoms with E-state index in [-0.39, 0.29) is 18.5 Å². The molecule has 0 spiro atoms. The van der Waals surface area contributed by atoms with Crippen molar-refractivity contribution in [3.05, 3.63) is 34.9 Å². The average Bonchev–Trinajstić information content (AvgIpc) is 2.61. The first-order chi connectivity index (χ1) is 12.1. The van der Waals surface area contributed by atoms with Crippen molar-refractivity contribution in [2.45, 2.75) is 71.3 Å². The highest BCUT2D eigenvalue weighted by Gasteiger charge is 2.06. The lowest BCUT2D eigenvalue weighted by molar-refractivity contribution is -0.145. The number of hydrogen-bond acceptors (Lipinski definition) is 4. The Labute approximate surface area is 155 Å². The highest BCUT2D eigenvalue weighted by atomic mass is 35.5. The molecular formula is C20H29ClO4. The van der Waals surface area contributed by atoms with Crippen LogP contribution in [0.3, 0.4) is 0 Å². The first-order valence-corrected chi connectivity index (χ1v) is 9.55. The number of ether oxygens (including phenoxy) is 2. The van der Waals surface area contributed by atoms with Crippen LogP contribution in [0.5, 0.6) is 0 Å². The maximum atomic E-state index is 11.7. The molecule has 0 heterocycles. The third-order valence-corrected chi connectivity index (χ3v) is 4.09. The summed E-state index contributed by atoms with van der Waals surface area (Å²) in [5, 5.41) is 0.662. The van der Waals surface area contributed by atoms with Crippen molar-refractivity contribution in [1.29, 1.82) is 0 Å². The van der Waals surface area contributed by atoms with Crippen molar-refractivity contribution < 1.29 is 19.1 Å². The van der Waals surface area contributed by atoms with E-state index in [4.69, 9.17) is 21.1 Å². The lowest BCUT2D eigenvalue weighted by Gasteiger charge is -2.06. The van der Waals surface area contributed by atoms with Crippen LogP contribution in [0.15, 0.2) is 24.3 Å². The molecule has 1 aromatic carbocycles. The van der Waals surface area contributed by atoms with Gasteiger partial charge < -0.3 is 9.47 Å². The summed E-state index contributed by atoms with van der Waals surface area (Å²) in [4.78, 5) is 23.2. The third-order valence-electron chi connectivity index (χ3n) is 3.84. The zero-order chi connectivity index (χ0) is 18.3. The summed E-state index contributed by atoms with van der Waals surface area (Å²) < 4.78 is 10.4. The Hall–Kier alpha value is -1.55. The van der Waals surface area contributed by atoms with Gasteiger partial charge in [-0.05, 0) is 37.0 Å². The van der Waals surface area contributed by atoms with E-state index in [1.807, 2.05) is 12.1 Å². The number of rotatable bonds is 13. The maximum Gasteiger partial charge on any atom is 0.306 e. The number of halogens is 1. The molecule has 0 aromatic heterocycles. The standard InChI is InChI=1S/C20H29ClO4/c1-2-3-4-8-15-24-19(22)9-6-5-7-10-20(23)25-16-17-11-13-18(21)14-12-17/h11-14H,2-10,15-16H2,1H3. The number of carbonyl (C=O) groups is 2. The van der Waals surface area contributed by atoms with Crippen LogP contribution >= 0.6 is 11.6 Å². The molecule has 5 heteroatoms. The molecule has 0 N–H and O–H groups in total. The molecule has 0 unspecified atom stereocenters. The summed E-state index contributed by atoms with van der Waals surface area (Å²) in [7, 11) is 0. The second-order valence-corrected chi connectivity index (χ2v) is 6.57. The molecular weight excluding hydrogens is 340 g/mol. The molecule has 4 nitrogen and oxygen atoms in total. The molecule has 0 aliphatic heterocycles. The Morgan fingerprint density at radius 3 is 2.08 bits per heavy atom. The van der Waals surface area contributed by atoms with Gasteiger partial charge in [-0.2, -0.15) is 0 Å². The SMILES string of the molecule is CCCCCCOC(=O)CCCCCC(=O)OCc1ccc(Cl)cc1. The molecule has 0 aliphatic rings. The zero-order valence-electron chi connectivity index (χ0n) is 15.1. The average molecular weight is 369 g/mol. The molecule has 0 bridgehead atoms. The summed E-state index contributed by atoms with van der Waals surface area (Å²) in [6.45, 7) is 2.94. The molecule has 0 amide bonds. The largest absolute Gasteiger partial charge is 0.466 e. The minimum Gasteiger partial charge on any atom is -0.466 e. The van der Waals surface area contributed by atoms with Gasteiger partial charge in [-0.3, -0.25) is 9.59 Å². The van der Waals surface area contributed by atoms with E-state index in [1.54, 1.807) is 12.1 Å². The maximum absolute atomic E-state index is 11.7. The van der Waals surface area contributed by atoms with Crippen molar-refractivity contribution in [2.24, 2.45) is 0 Å². The third kappa shape index (κ3) is 11.6. The molecule has 1 aromatic rings. The molecule has 0 saturated carbocycles. The van der Waals surface area contributed by atoms with E-state index < -0.39 is 0 Å². The van der Waals surface area contributed by atoms with Gasteiger partial charge in [-0.15, -0.1) is 0 Å². The Balaban J connectivity index is 1.97. The van der Waals surface area contributed by atoms with Gasteiger partial charge in [0.25, 0.3) is 0 Å². The Bertz CT molecular complexity index is 499. The highest BCUT2D eigenvalue weighted by Crippen LogP contribution is 2.11. The molecule has 0 radical (unpaired) electrons. The number of unbranched alkanes of at least 4 members (excludes halogenated alkanes) is 5. The van der Waals surface area contributed by atoms with Crippen LogP contribution in [-0.2, 0) is 25.7 Å². The van der Waals surface area contributed by atoms with E-state index in [0.29, 0.717) is 24.5 Å². The summed E-state index contributed by atoms with van der Waals surface area (Å²) in [6.07, 6.45) is 7.51.